The van der Waals surface area contributed by atoms with Crippen LogP contribution in [0, 0.1) is 0 Å². The fourth-order valence-electron chi connectivity index (χ4n) is 1.25. The molecule has 1 radical (unpaired) electrons. The molecular weight excluding hydrogens is 271 g/mol. The van der Waals surface area contributed by atoms with Crippen molar-refractivity contribution in [1.29, 1.82) is 0 Å². The second kappa shape index (κ2) is 5.15. The smallest absolute Gasteiger partial charge is 0.118 e. The normalized spacial score (nSPS) is 9.86. The summed E-state index contributed by atoms with van der Waals surface area (Å²) in [5, 5.41) is 0. The van der Waals surface area contributed by atoms with E-state index < -0.39 is 0 Å². The standard InChI is InChI=1S/C9H10N3S.Y/c1-12-6-5-11-9(12)8-7(13-2)3-4-10-8;/h3-6H,1-2H3;/q-1;. The minimum absolute atomic E-state index is 0. The quantitative estimate of drug-likeness (QED) is 0.603. The molecule has 0 aromatic carbocycles. The van der Waals surface area contributed by atoms with Crippen LogP contribution in [0.3, 0.4) is 0 Å². The van der Waals surface area contributed by atoms with E-state index in [1.54, 1.807) is 18.0 Å². The molecule has 0 saturated carbocycles. The molecule has 5 heteroatoms. The van der Waals surface area contributed by atoms with Gasteiger partial charge in [-0.05, 0) is 11.2 Å². The SMILES string of the molecule is CSc1cc[n-]c1-c1[n-]cc[n+]1C.[Y]. The van der Waals surface area contributed by atoms with Gasteiger partial charge in [-0.2, -0.15) is 6.20 Å². The van der Waals surface area contributed by atoms with Crippen LogP contribution in [0.2, 0.25) is 0 Å². The Bertz CT molecular complexity index is 408. The van der Waals surface area contributed by atoms with E-state index in [0.29, 0.717) is 0 Å². The van der Waals surface area contributed by atoms with Gasteiger partial charge in [0.1, 0.15) is 5.82 Å². The van der Waals surface area contributed by atoms with E-state index in [1.165, 1.54) is 4.90 Å². The molecular formula is C9H10N3SY-. The summed E-state index contributed by atoms with van der Waals surface area (Å²) >= 11 is 1.69. The Labute approximate surface area is 113 Å². The Hall–Kier alpha value is -0.0561. The summed E-state index contributed by atoms with van der Waals surface area (Å²) in [6, 6.07) is 2.01. The molecule has 3 nitrogen and oxygen atoms in total. The van der Waals surface area contributed by atoms with Crippen molar-refractivity contribution in [3.8, 4) is 11.5 Å². The van der Waals surface area contributed by atoms with Crippen molar-refractivity contribution in [2.24, 2.45) is 7.05 Å². The maximum absolute atomic E-state index is 4.29. The molecule has 0 amide bonds. The number of rotatable bonds is 2. The summed E-state index contributed by atoms with van der Waals surface area (Å²) in [5.41, 5.74) is 0.972. The van der Waals surface area contributed by atoms with Crippen LogP contribution in [-0.2, 0) is 39.8 Å². The van der Waals surface area contributed by atoms with Crippen molar-refractivity contribution in [3.05, 3.63) is 24.7 Å². The number of imidazole rings is 1. The first-order valence-corrected chi connectivity index (χ1v) is 5.19. The van der Waals surface area contributed by atoms with Crippen LogP contribution in [0.15, 0.2) is 29.6 Å². The zero-order valence-electron chi connectivity index (χ0n) is 8.14. The third kappa shape index (κ3) is 2.13. The molecule has 0 aliphatic heterocycles. The average Bonchev–Trinajstić information content (AvgIpc) is 2.71. The first-order valence-electron chi connectivity index (χ1n) is 3.96. The molecule has 2 heterocycles. The first-order chi connectivity index (χ1) is 6.33. The topological polar surface area (TPSA) is 32.1 Å². The first kappa shape index (κ1) is 12.0. The van der Waals surface area contributed by atoms with E-state index in [2.05, 4.69) is 9.97 Å². The van der Waals surface area contributed by atoms with E-state index in [1.807, 2.05) is 36.3 Å². The molecule has 0 aliphatic rings. The number of hydrogen-bond donors (Lipinski definition) is 0. The van der Waals surface area contributed by atoms with Gasteiger partial charge in [-0.15, -0.1) is 11.8 Å². The van der Waals surface area contributed by atoms with Crippen molar-refractivity contribution in [3.63, 3.8) is 0 Å². The van der Waals surface area contributed by atoms with E-state index >= 15 is 0 Å². The van der Waals surface area contributed by atoms with Crippen LogP contribution in [0.5, 0.6) is 0 Å². The third-order valence-corrected chi connectivity index (χ3v) is 2.69. The summed E-state index contributed by atoms with van der Waals surface area (Å²) in [6.07, 6.45) is 7.57. The maximum atomic E-state index is 4.29. The largest absolute Gasteiger partial charge is 0.660 e. The van der Waals surface area contributed by atoms with Gasteiger partial charge in [0.25, 0.3) is 0 Å². The minimum Gasteiger partial charge on any atom is -0.660 e. The second-order valence-corrected chi connectivity index (χ2v) is 3.57. The fourth-order valence-corrected chi connectivity index (χ4v) is 1.78. The number of nitrogens with zero attached hydrogens (tertiary/aromatic N) is 3. The molecule has 0 saturated heterocycles. The van der Waals surface area contributed by atoms with E-state index in [9.17, 15) is 0 Å². The Morgan fingerprint density at radius 1 is 1.29 bits per heavy atom. The van der Waals surface area contributed by atoms with Gasteiger partial charge in [0, 0.05) is 52.2 Å². The summed E-state index contributed by atoms with van der Waals surface area (Å²) < 4.78 is 1.97. The zero-order chi connectivity index (χ0) is 9.26. The predicted octanol–water partition coefficient (Wildman–Crippen LogP) is 0.812. The van der Waals surface area contributed by atoms with Gasteiger partial charge in [0.2, 0.25) is 0 Å². The summed E-state index contributed by atoms with van der Waals surface area (Å²) in [6.45, 7) is 0. The summed E-state index contributed by atoms with van der Waals surface area (Å²) in [4.78, 5) is 9.72. The van der Waals surface area contributed by atoms with Gasteiger partial charge in [-0.1, -0.05) is 11.8 Å². The second-order valence-electron chi connectivity index (χ2n) is 2.72. The van der Waals surface area contributed by atoms with Crippen LogP contribution >= 0.6 is 11.8 Å². The Kier molecular flexibility index (Phi) is 4.42. The van der Waals surface area contributed by atoms with E-state index in [-0.39, 0.29) is 32.7 Å². The van der Waals surface area contributed by atoms with Crippen LogP contribution in [0.25, 0.3) is 11.5 Å². The van der Waals surface area contributed by atoms with Gasteiger partial charge in [0.05, 0.1) is 0 Å². The number of hydrogen-bond acceptors (Lipinski definition) is 1. The van der Waals surface area contributed by atoms with Gasteiger partial charge in [-0.25, -0.2) is 4.98 Å². The number of aromatic nitrogens is 3. The molecule has 0 atom stereocenters. The molecule has 14 heavy (non-hydrogen) atoms. The van der Waals surface area contributed by atoms with E-state index in [0.717, 1.165) is 11.5 Å². The van der Waals surface area contributed by atoms with Crippen LogP contribution in [0.4, 0.5) is 0 Å². The molecule has 0 unspecified atom stereocenters. The van der Waals surface area contributed by atoms with Crippen molar-refractivity contribution >= 4 is 11.8 Å². The molecule has 0 N–H and O–H groups in total. The molecule has 2 rings (SSSR count). The fraction of sp³-hybridized carbons (Fsp3) is 0.222. The van der Waals surface area contributed by atoms with Gasteiger partial charge < -0.3 is 9.55 Å². The van der Waals surface area contributed by atoms with Crippen LogP contribution in [0.1, 0.15) is 0 Å². The third-order valence-electron chi connectivity index (χ3n) is 1.92. The summed E-state index contributed by atoms with van der Waals surface area (Å²) in [7, 11) is 1.97. The maximum Gasteiger partial charge on any atom is 0.118 e. The van der Waals surface area contributed by atoms with Crippen molar-refractivity contribution in [2.75, 3.05) is 6.26 Å². The van der Waals surface area contributed by atoms with Crippen molar-refractivity contribution < 1.29 is 37.3 Å². The average molecular weight is 281 g/mol. The van der Waals surface area contributed by atoms with Crippen LogP contribution < -0.4 is 14.5 Å². The van der Waals surface area contributed by atoms with Gasteiger partial charge >= 0.3 is 0 Å². The molecule has 0 aliphatic carbocycles. The molecule has 0 bridgehead atoms. The molecule has 0 fully saturated rings. The Balaban J connectivity index is 0.000000980. The molecule has 2 aromatic rings. The van der Waals surface area contributed by atoms with Gasteiger partial charge in [0.15, 0.2) is 0 Å². The molecule has 71 valence electrons. The summed E-state index contributed by atoms with van der Waals surface area (Å²) in [5.74, 6) is 0.925. The Morgan fingerprint density at radius 2 is 2.07 bits per heavy atom. The number of aryl methyl sites for hydroxylation is 1. The predicted molar refractivity (Wildman–Crippen MR) is 51.5 cm³/mol. The van der Waals surface area contributed by atoms with Crippen molar-refractivity contribution in [2.45, 2.75) is 4.90 Å². The Morgan fingerprint density at radius 3 is 2.64 bits per heavy atom. The van der Waals surface area contributed by atoms with E-state index in [4.69, 9.17) is 0 Å². The van der Waals surface area contributed by atoms with Gasteiger partial charge in [-0.3, -0.25) is 0 Å². The van der Waals surface area contributed by atoms with Crippen molar-refractivity contribution in [1.82, 2.24) is 9.97 Å². The number of thioether (sulfide) groups is 1. The molecule has 2 aromatic heterocycles. The monoisotopic (exact) mass is 281 g/mol. The van der Waals surface area contributed by atoms with Crippen LogP contribution in [-0.4, -0.2) is 6.26 Å². The molecule has 0 spiro atoms. The minimum atomic E-state index is 0. The zero-order valence-corrected chi connectivity index (χ0v) is 11.8.